The number of likely N-dealkylation sites (N-methyl/N-ethyl adjacent to an activating group) is 1. The lowest BCUT2D eigenvalue weighted by Crippen LogP contribution is -2.33. The summed E-state index contributed by atoms with van der Waals surface area (Å²) in [5.41, 5.74) is 0.0400. The van der Waals surface area contributed by atoms with Crippen molar-refractivity contribution in [3.63, 3.8) is 0 Å². The minimum absolute atomic E-state index is 0.145. The summed E-state index contributed by atoms with van der Waals surface area (Å²) < 4.78 is 6.00. The monoisotopic (exact) mass is 283 g/mol. The lowest BCUT2D eigenvalue weighted by atomic mass is 10.3. The summed E-state index contributed by atoms with van der Waals surface area (Å²) in [6, 6.07) is 1.21. The number of esters is 1. The molecule has 110 valence electrons. The van der Waals surface area contributed by atoms with E-state index in [0.29, 0.717) is 6.54 Å². The number of amides is 1. The standard InChI is InChI=1S/C12H17N3O5/c1-4-5-14-7-9(15(18)19)6-10(14)12(17)13(2)8-11(16)20-3/h6-7H,4-5,8H2,1-3H3. The van der Waals surface area contributed by atoms with E-state index in [4.69, 9.17) is 0 Å². The number of methoxy groups -OCH3 is 1. The average Bonchev–Trinajstić information content (AvgIpc) is 2.82. The SMILES string of the molecule is CCCn1cc([N+](=O)[O-])cc1C(=O)N(C)CC(=O)OC. The third kappa shape index (κ3) is 3.56. The molecule has 0 atom stereocenters. The molecule has 0 bridgehead atoms. The van der Waals surface area contributed by atoms with Crippen molar-refractivity contribution >= 4 is 17.6 Å². The van der Waals surface area contributed by atoms with Crippen molar-refractivity contribution in [1.29, 1.82) is 0 Å². The quantitative estimate of drug-likeness (QED) is 0.442. The van der Waals surface area contributed by atoms with Gasteiger partial charge in [-0.2, -0.15) is 0 Å². The molecule has 1 aromatic heterocycles. The summed E-state index contributed by atoms with van der Waals surface area (Å²) in [5, 5.41) is 10.8. The summed E-state index contributed by atoms with van der Waals surface area (Å²) in [4.78, 5) is 34.7. The first-order chi connectivity index (χ1) is 9.40. The Kier molecular flexibility index (Phi) is 5.24. The van der Waals surface area contributed by atoms with Gasteiger partial charge in [-0.15, -0.1) is 0 Å². The zero-order valence-corrected chi connectivity index (χ0v) is 11.7. The normalized spacial score (nSPS) is 10.2. The molecular formula is C12H17N3O5. The van der Waals surface area contributed by atoms with Gasteiger partial charge in [0.1, 0.15) is 12.2 Å². The summed E-state index contributed by atoms with van der Waals surface area (Å²) in [7, 11) is 2.67. The molecule has 0 saturated carbocycles. The van der Waals surface area contributed by atoms with Gasteiger partial charge in [-0.1, -0.05) is 6.92 Å². The second-order valence-corrected chi connectivity index (χ2v) is 4.27. The van der Waals surface area contributed by atoms with Gasteiger partial charge in [0.15, 0.2) is 0 Å². The molecule has 0 aliphatic rings. The van der Waals surface area contributed by atoms with Gasteiger partial charge in [0.05, 0.1) is 18.2 Å². The molecule has 0 aliphatic carbocycles. The second kappa shape index (κ2) is 6.69. The number of nitrogens with zero attached hydrogens (tertiary/aromatic N) is 3. The molecule has 0 spiro atoms. The molecule has 1 rings (SSSR count). The molecule has 1 amide bonds. The van der Waals surface area contributed by atoms with Gasteiger partial charge in [0.25, 0.3) is 11.6 Å². The molecule has 0 saturated heterocycles. The molecule has 0 aromatic carbocycles. The highest BCUT2D eigenvalue weighted by atomic mass is 16.6. The Morgan fingerprint density at radius 1 is 1.50 bits per heavy atom. The van der Waals surface area contributed by atoms with Gasteiger partial charge >= 0.3 is 5.97 Å². The lowest BCUT2D eigenvalue weighted by Gasteiger charge is -2.16. The van der Waals surface area contributed by atoms with Crippen LogP contribution in [-0.4, -0.2) is 47.0 Å². The first-order valence-electron chi connectivity index (χ1n) is 6.07. The van der Waals surface area contributed by atoms with Gasteiger partial charge in [0, 0.05) is 19.7 Å². The Labute approximate surface area is 116 Å². The molecular weight excluding hydrogens is 266 g/mol. The van der Waals surface area contributed by atoms with Crippen LogP contribution in [0.3, 0.4) is 0 Å². The van der Waals surface area contributed by atoms with Crippen molar-refractivity contribution in [2.24, 2.45) is 0 Å². The Balaban J connectivity index is 3.01. The van der Waals surface area contributed by atoms with Crippen molar-refractivity contribution in [2.45, 2.75) is 19.9 Å². The Morgan fingerprint density at radius 3 is 2.65 bits per heavy atom. The van der Waals surface area contributed by atoms with E-state index in [1.165, 1.54) is 31.0 Å². The Morgan fingerprint density at radius 2 is 2.15 bits per heavy atom. The third-order valence-corrected chi connectivity index (χ3v) is 2.72. The molecule has 0 unspecified atom stereocenters. The maximum Gasteiger partial charge on any atom is 0.325 e. The number of carbonyl (C=O) groups excluding carboxylic acids is 2. The fourth-order valence-corrected chi connectivity index (χ4v) is 1.73. The van der Waals surface area contributed by atoms with Crippen LogP contribution in [0.15, 0.2) is 12.3 Å². The molecule has 20 heavy (non-hydrogen) atoms. The number of carbonyl (C=O) groups is 2. The van der Waals surface area contributed by atoms with Crippen molar-refractivity contribution in [3.8, 4) is 0 Å². The molecule has 0 fully saturated rings. The van der Waals surface area contributed by atoms with Crippen LogP contribution in [0.2, 0.25) is 0 Å². The first kappa shape index (κ1) is 15.7. The van der Waals surface area contributed by atoms with E-state index in [1.807, 2.05) is 6.92 Å². The van der Waals surface area contributed by atoms with E-state index < -0.39 is 16.8 Å². The van der Waals surface area contributed by atoms with Gasteiger partial charge in [-0.25, -0.2) is 0 Å². The first-order valence-corrected chi connectivity index (χ1v) is 6.07. The Hall–Kier alpha value is -2.38. The predicted octanol–water partition coefficient (Wildman–Crippen LogP) is 1.05. The smallest absolute Gasteiger partial charge is 0.325 e. The van der Waals surface area contributed by atoms with Crippen LogP contribution >= 0.6 is 0 Å². The highest BCUT2D eigenvalue weighted by Gasteiger charge is 2.22. The van der Waals surface area contributed by atoms with Crippen LogP contribution in [-0.2, 0) is 16.1 Å². The van der Waals surface area contributed by atoms with Crippen molar-refractivity contribution < 1.29 is 19.2 Å². The molecule has 0 aliphatic heterocycles. The molecule has 8 heteroatoms. The van der Waals surface area contributed by atoms with Gasteiger partial charge in [0.2, 0.25) is 0 Å². The highest BCUT2D eigenvalue weighted by molar-refractivity contribution is 5.95. The Bertz CT molecular complexity index is 523. The van der Waals surface area contributed by atoms with E-state index in [0.717, 1.165) is 11.3 Å². The number of rotatable bonds is 6. The van der Waals surface area contributed by atoms with Crippen LogP contribution in [0.1, 0.15) is 23.8 Å². The maximum absolute atomic E-state index is 12.2. The number of aryl methyl sites for hydroxylation is 1. The van der Waals surface area contributed by atoms with Crippen molar-refractivity contribution in [2.75, 3.05) is 20.7 Å². The topological polar surface area (TPSA) is 94.7 Å². The fourth-order valence-electron chi connectivity index (χ4n) is 1.73. The van der Waals surface area contributed by atoms with Crippen LogP contribution in [0.4, 0.5) is 5.69 Å². The zero-order chi connectivity index (χ0) is 15.3. The van der Waals surface area contributed by atoms with E-state index in [1.54, 1.807) is 0 Å². The number of hydrogen-bond acceptors (Lipinski definition) is 5. The van der Waals surface area contributed by atoms with Gasteiger partial charge in [-0.3, -0.25) is 19.7 Å². The van der Waals surface area contributed by atoms with Crippen LogP contribution in [0, 0.1) is 10.1 Å². The molecule has 8 nitrogen and oxygen atoms in total. The van der Waals surface area contributed by atoms with E-state index in [9.17, 15) is 19.7 Å². The zero-order valence-electron chi connectivity index (χ0n) is 11.7. The minimum Gasteiger partial charge on any atom is -0.468 e. The summed E-state index contributed by atoms with van der Waals surface area (Å²) >= 11 is 0. The van der Waals surface area contributed by atoms with Crippen LogP contribution in [0.5, 0.6) is 0 Å². The van der Waals surface area contributed by atoms with E-state index in [-0.39, 0.29) is 17.9 Å². The molecule has 0 N–H and O–H groups in total. The summed E-state index contributed by atoms with van der Waals surface area (Å²) in [6.45, 7) is 2.18. The van der Waals surface area contributed by atoms with Crippen LogP contribution < -0.4 is 0 Å². The van der Waals surface area contributed by atoms with Gasteiger partial charge in [-0.05, 0) is 6.42 Å². The predicted molar refractivity (Wildman–Crippen MR) is 70.4 cm³/mol. The number of ether oxygens (including phenoxy) is 1. The summed E-state index contributed by atoms with van der Waals surface area (Å²) in [6.07, 6.45) is 2.05. The number of aromatic nitrogens is 1. The number of hydrogen-bond donors (Lipinski definition) is 0. The average molecular weight is 283 g/mol. The minimum atomic E-state index is -0.552. The van der Waals surface area contributed by atoms with Crippen molar-refractivity contribution in [3.05, 3.63) is 28.1 Å². The van der Waals surface area contributed by atoms with Gasteiger partial charge < -0.3 is 14.2 Å². The molecule has 1 aromatic rings. The molecule has 1 heterocycles. The lowest BCUT2D eigenvalue weighted by molar-refractivity contribution is -0.384. The number of nitro groups is 1. The largest absolute Gasteiger partial charge is 0.468 e. The van der Waals surface area contributed by atoms with E-state index in [2.05, 4.69) is 4.74 Å². The van der Waals surface area contributed by atoms with Crippen molar-refractivity contribution in [1.82, 2.24) is 9.47 Å². The fraction of sp³-hybridized carbons (Fsp3) is 0.500. The molecule has 0 radical (unpaired) electrons. The van der Waals surface area contributed by atoms with E-state index >= 15 is 0 Å². The summed E-state index contributed by atoms with van der Waals surface area (Å²) in [5.74, 6) is -1.01. The highest BCUT2D eigenvalue weighted by Crippen LogP contribution is 2.18. The maximum atomic E-state index is 12.2. The van der Waals surface area contributed by atoms with Crippen LogP contribution in [0.25, 0.3) is 0 Å². The third-order valence-electron chi connectivity index (χ3n) is 2.72. The second-order valence-electron chi connectivity index (χ2n) is 4.27.